The number of hydrogen-bond acceptors (Lipinski definition) is 14. The number of aliphatic carboxylic acids is 6. The van der Waals surface area contributed by atoms with Crippen LogP contribution in [0.25, 0.3) is 11.2 Å². The lowest BCUT2D eigenvalue weighted by Crippen LogP contribution is -2.31. The van der Waals surface area contributed by atoms with E-state index in [2.05, 4.69) is 40.0 Å². The highest BCUT2D eigenvalue weighted by molar-refractivity contribution is 5.90. The number of carbonyl (C=O) groups is 6. The zero-order valence-electron chi connectivity index (χ0n) is 28.8. The van der Waals surface area contributed by atoms with E-state index in [9.17, 15) is 28.8 Å². The summed E-state index contributed by atoms with van der Waals surface area (Å²) >= 11 is 0. The fourth-order valence-electron chi connectivity index (χ4n) is 4.35. The van der Waals surface area contributed by atoms with E-state index in [4.69, 9.17) is 35.6 Å². The van der Waals surface area contributed by atoms with E-state index < -0.39 is 35.8 Å². The lowest BCUT2D eigenvalue weighted by Gasteiger charge is -2.18. The average Bonchev–Trinajstić information content (AvgIpc) is 3.74. The van der Waals surface area contributed by atoms with Crippen molar-refractivity contribution in [3.8, 4) is 0 Å². The Labute approximate surface area is 311 Å². The van der Waals surface area contributed by atoms with Crippen LogP contribution < -0.4 is 10.6 Å². The van der Waals surface area contributed by atoms with E-state index in [0.717, 1.165) is 55.4 Å². The van der Waals surface area contributed by atoms with Gasteiger partial charge in [-0.25, -0.2) is 48.7 Å². The number of likely N-dealkylation sites (tertiary alicyclic amines) is 1. The molecule has 4 aromatic rings. The zero-order chi connectivity index (χ0) is 40.6. The molecule has 1 atom stereocenters. The van der Waals surface area contributed by atoms with E-state index in [1.165, 1.54) is 0 Å². The van der Waals surface area contributed by atoms with E-state index in [1.807, 2.05) is 48.8 Å². The van der Waals surface area contributed by atoms with Crippen LogP contribution in [-0.2, 0) is 35.3 Å². The molecule has 55 heavy (non-hydrogen) atoms. The summed E-state index contributed by atoms with van der Waals surface area (Å²) in [6, 6.07) is 12.0. The third-order valence-electron chi connectivity index (χ3n) is 6.54. The molecule has 0 saturated carbocycles. The van der Waals surface area contributed by atoms with Crippen molar-refractivity contribution in [3.05, 3.63) is 103 Å². The quantitative estimate of drug-likeness (QED) is 0.0841. The molecule has 21 nitrogen and oxygen atoms in total. The third-order valence-corrected chi connectivity index (χ3v) is 6.54. The number of carboxylic acids is 6. The van der Waals surface area contributed by atoms with Gasteiger partial charge in [-0.3, -0.25) is 14.5 Å². The minimum Gasteiger partial charge on any atom is -0.478 e. The summed E-state index contributed by atoms with van der Waals surface area (Å²) in [5.41, 5.74) is 2.75. The summed E-state index contributed by atoms with van der Waals surface area (Å²) in [6.07, 6.45) is 11.5. The smallest absolute Gasteiger partial charge is 0.328 e. The van der Waals surface area contributed by atoms with Crippen molar-refractivity contribution >= 4 is 58.9 Å². The molecule has 1 aliphatic heterocycles. The summed E-state index contributed by atoms with van der Waals surface area (Å²) in [6.45, 7) is 4.42. The second kappa shape index (κ2) is 23.8. The topological polar surface area (TPSA) is 320 Å². The van der Waals surface area contributed by atoms with Crippen molar-refractivity contribution in [1.29, 1.82) is 0 Å². The molecule has 8 N–H and O–H groups in total. The first-order valence-electron chi connectivity index (χ1n) is 15.9. The molecule has 0 aromatic carbocycles. The molecule has 0 spiro atoms. The second-order valence-corrected chi connectivity index (χ2v) is 10.6. The molecular formula is C34H37N9O12. The largest absolute Gasteiger partial charge is 0.478 e. The highest BCUT2D eigenvalue weighted by Gasteiger charge is 2.24. The van der Waals surface area contributed by atoms with Crippen molar-refractivity contribution in [1.82, 2.24) is 34.4 Å². The van der Waals surface area contributed by atoms with Crippen molar-refractivity contribution in [2.24, 2.45) is 0 Å². The van der Waals surface area contributed by atoms with Crippen LogP contribution in [0.5, 0.6) is 0 Å². The number of carboxylic acid groups (broad SMARTS) is 6. The van der Waals surface area contributed by atoms with Crippen LogP contribution in [0.15, 0.2) is 97.6 Å². The molecule has 0 bridgehead atoms. The third kappa shape index (κ3) is 19.0. The number of pyridine rings is 2. The highest BCUT2D eigenvalue weighted by atomic mass is 16.4. The predicted octanol–water partition coefficient (Wildman–Crippen LogP) is 1.40. The van der Waals surface area contributed by atoms with Gasteiger partial charge in [-0.2, -0.15) is 0 Å². The van der Waals surface area contributed by atoms with Crippen LogP contribution >= 0.6 is 0 Å². The lowest BCUT2D eigenvalue weighted by atomic mass is 10.3. The van der Waals surface area contributed by atoms with Gasteiger partial charge in [0.25, 0.3) is 0 Å². The number of rotatable bonds is 14. The van der Waals surface area contributed by atoms with E-state index in [-0.39, 0.29) is 0 Å². The van der Waals surface area contributed by atoms with Crippen LogP contribution in [0.1, 0.15) is 12.1 Å². The van der Waals surface area contributed by atoms with E-state index >= 15 is 0 Å². The van der Waals surface area contributed by atoms with Gasteiger partial charge in [-0.05, 0) is 36.8 Å². The number of fused-ring (bicyclic) bond motifs is 1. The number of nitrogens with one attached hydrogen (secondary N) is 2. The molecule has 4 aromatic heterocycles. The summed E-state index contributed by atoms with van der Waals surface area (Å²) in [5, 5.41) is 53.8. The van der Waals surface area contributed by atoms with Crippen molar-refractivity contribution < 1.29 is 59.4 Å². The standard InChI is InChI=1S/C22H25N9.3C4H4O4/c1-2-8-23-17(5-1)16-31-20-19(6-3-9-24-20)29-22(31)28-18-7-13-30(15-18)14-12-27-21-25-10-4-11-26-21;3*5-3(6)1-2-4(7)8/h1-6,8-11,18H,7,12-16H2,(H,28,29)(H,25,26,27);3*1-2H,(H,5,6)(H,7,8). The maximum atomic E-state index is 9.55. The zero-order valence-corrected chi connectivity index (χ0v) is 28.8. The molecule has 1 fully saturated rings. The normalized spacial score (nSPS) is 13.5. The first kappa shape index (κ1) is 43.6. The molecular weight excluding hydrogens is 726 g/mol. The molecule has 1 aliphatic rings. The van der Waals surface area contributed by atoms with Crippen LogP contribution in [0.3, 0.4) is 0 Å². The second-order valence-electron chi connectivity index (χ2n) is 10.6. The van der Waals surface area contributed by atoms with Gasteiger partial charge in [0.1, 0.15) is 5.52 Å². The highest BCUT2D eigenvalue weighted by Crippen LogP contribution is 2.22. The molecule has 0 amide bonds. The Morgan fingerprint density at radius 3 is 1.71 bits per heavy atom. The van der Waals surface area contributed by atoms with Gasteiger partial charge < -0.3 is 41.3 Å². The first-order valence-corrected chi connectivity index (χ1v) is 15.9. The SMILES string of the molecule is O=C(O)C=CC(=O)O.O=C(O)C=CC(=O)O.O=C(O)C=CC(=O)O.c1ccc(Cn2c(NC3CCN(CCNc4ncccn4)C3)nc3cccnc32)nc1. The van der Waals surface area contributed by atoms with E-state index in [1.54, 1.807) is 12.4 Å². The van der Waals surface area contributed by atoms with Crippen LogP contribution in [0.4, 0.5) is 11.9 Å². The molecule has 5 rings (SSSR count). The summed E-state index contributed by atoms with van der Waals surface area (Å²) in [7, 11) is 0. The van der Waals surface area contributed by atoms with Gasteiger partial charge in [-0.15, -0.1) is 0 Å². The predicted molar refractivity (Wildman–Crippen MR) is 193 cm³/mol. The minimum atomic E-state index is -1.26. The monoisotopic (exact) mass is 763 g/mol. The summed E-state index contributed by atoms with van der Waals surface area (Å²) in [4.78, 5) is 82.0. The molecule has 0 aliphatic carbocycles. The first-order chi connectivity index (χ1) is 26.2. The van der Waals surface area contributed by atoms with Crippen LogP contribution in [-0.4, -0.2) is 133 Å². The Morgan fingerprint density at radius 1 is 0.673 bits per heavy atom. The van der Waals surface area contributed by atoms with Crippen molar-refractivity contribution in [2.45, 2.75) is 19.0 Å². The summed E-state index contributed by atoms with van der Waals surface area (Å²) < 4.78 is 2.12. The van der Waals surface area contributed by atoms with Crippen LogP contribution in [0.2, 0.25) is 0 Å². The molecule has 1 unspecified atom stereocenters. The maximum Gasteiger partial charge on any atom is 0.328 e. The van der Waals surface area contributed by atoms with Gasteiger partial charge in [0, 0.05) is 93.5 Å². The Balaban J connectivity index is 0.000000356. The van der Waals surface area contributed by atoms with Gasteiger partial charge in [0.15, 0.2) is 5.65 Å². The van der Waals surface area contributed by atoms with E-state index in [0.29, 0.717) is 55.0 Å². The average molecular weight is 764 g/mol. The van der Waals surface area contributed by atoms with Gasteiger partial charge >= 0.3 is 35.8 Å². The van der Waals surface area contributed by atoms with Crippen molar-refractivity contribution in [3.63, 3.8) is 0 Å². The fourth-order valence-corrected chi connectivity index (χ4v) is 4.35. The Bertz CT molecular complexity index is 1840. The molecule has 0 radical (unpaired) electrons. The molecule has 21 heteroatoms. The Kier molecular flexibility index (Phi) is 18.9. The van der Waals surface area contributed by atoms with Gasteiger partial charge in [0.05, 0.1) is 12.2 Å². The number of anilines is 2. The number of aromatic nitrogens is 6. The fraction of sp³-hybridized carbons (Fsp3) is 0.206. The molecule has 1 saturated heterocycles. The van der Waals surface area contributed by atoms with Gasteiger partial charge in [-0.1, -0.05) is 6.07 Å². The van der Waals surface area contributed by atoms with Crippen molar-refractivity contribution in [2.75, 3.05) is 36.8 Å². The number of hydrogen-bond donors (Lipinski definition) is 8. The Morgan fingerprint density at radius 2 is 1.20 bits per heavy atom. The maximum absolute atomic E-state index is 9.55. The minimum absolute atomic E-state index is 0.340. The Hall–Kier alpha value is -7.55. The molecule has 5 heterocycles. The number of imidazole rings is 1. The van der Waals surface area contributed by atoms with Crippen LogP contribution in [0, 0.1) is 0 Å². The van der Waals surface area contributed by atoms with Gasteiger partial charge in [0.2, 0.25) is 11.9 Å². The number of nitrogens with zero attached hydrogens (tertiary/aromatic N) is 7. The molecule has 290 valence electrons. The summed E-state index contributed by atoms with van der Waals surface area (Å²) in [5.74, 6) is -6.02. The lowest BCUT2D eigenvalue weighted by molar-refractivity contribution is -0.134.